The molecule has 2 heteroatoms. The first kappa shape index (κ1) is 8.02. The van der Waals surface area contributed by atoms with E-state index >= 15 is 0 Å². The minimum absolute atomic E-state index is 0.920. The SMILES string of the molecule is CCCN(C)[C]1CCCO1. The smallest absolute Gasteiger partial charge is 0.164 e. The first-order chi connectivity index (χ1) is 4.84. The maximum atomic E-state index is 5.41. The molecule has 1 radical (unpaired) electrons. The highest BCUT2D eigenvalue weighted by Gasteiger charge is 2.20. The van der Waals surface area contributed by atoms with Crippen molar-refractivity contribution in [2.45, 2.75) is 26.2 Å². The van der Waals surface area contributed by atoms with Crippen LogP contribution >= 0.6 is 0 Å². The molecule has 0 aromatic heterocycles. The standard InChI is InChI=1S/C8H16NO/c1-3-6-9(2)8-5-4-7-10-8/h3-7H2,1-2H3. The molecule has 1 saturated heterocycles. The van der Waals surface area contributed by atoms with Crippen LogP contribution in [0.25, 0.3) is 0 Å². The van der Waals surface area contributed by atoms with Gasteiger partial charge in [-0.1, -0.05) is 6.92 Å². The van der Waals surface area contributed by atoms with Gasteiger partial charge in [0.2, 0.25) is 0 Å². The van der Waals surface area contributed by atoms with Gasteiger partial charge in [-0.2, -0.15) is 0 Å². The Kier molecular flexibility index (Phi) is 3.16. The van der Waals surface area contributed by atoms with E-state index in [0.29, 0.717) is 0 Å². The Morgan fingerprint density at radius 3 is 2.90 bits per heavy atom. The Balaban J connectivity index is 2.18. The second kappa shape index (κ2) is 3.94. The second-order valence-electron chi connectivity index (χ2n) is 2.77. The maximum Gasteiger partial charge on any atom is 0.164 e. The van der Waals surface area contributed by atoms with E-state index in [9.17, 15) is 0 Å². The van der Waals surface area contributed by atoms with Crippen molar-refractivity contribution in [1.82, 2.24) is 4.90 Å². The van der Waals surface area contributed by atoms with Crippen molar-refractivity contribution in [3.8, 4) is 0 Å². The fourth-order valence-electron chi connectivity index (χ4n) is 1.25. The first-order valence-electron chi connectivity index (χ1n) is 4.04. The van der Waals surface area contributed by atoms with E-state index in [4.69, 9.17) is 4.74 Å². The molecule has 2 nitrogen and oxygen atoms in total. The van der Waals surface area contributed by atoms with E-state index in [1.165, 1.54) is 19.1 Å². The predicted molar refractivity (Wildman–Crippen MR) is 41.4 cm³/mol. The van der Waals surface area contributed by atoms with Gasteiger partial charge in [0.15, 0.2) is 6.23 Å². The minimum Gasteiger partial charge on any atom is -0.356 e. The van der Waals surface area contributed by atoms with Crippen LogP contribution in [-0.4, -0.2) is 25.1 Å². The lowest BCUT2D eigenvalue weighted by Gasteiger charge is -2.20. The van der Waals surface area contributed by atoms with Crippen LogP contribution < -0.4 is 0 Å². The van der Waals surface area contributed by atoms with Crippen molar-refractivity contribution in [2.75, 3.05) is 20.2 Å². The van der Waals surface area contributed by atoms with Crippen LogP contribution in [0.15, 0.2) is 0 Å². The Hall–Kier alpha value is -0.0800. The van der Waals surface area contributed by atoms with E-state index in [-0.39, 0.29) is 0 Å². The molecule has 10 heavy (non-hydrogen) atoms. The molecule has 0 bridgehead atoms. The van der Waals surface area contributed by atoms with Crippen LogP contribution in [0.1, 0.15) is 26.2 Å². The molecule has 0 amide bonds. The van der Waals surface area contributed by atoms with Gasteiger partial charge < -0.3 is 4.74 Å². The molecule has 1 aliphatic rings. The van der Waals surface area contributed by atoms with Crippen LogP contribution in [0.3, 0.4) is 0 Å². The number of rotatable bonds is 3. The van der Waals surface area contributed by atoms with Crippen molar-refractivity contribution in [1.29, 1.82) is 0 Å². The zero-order valence-electron chi connectivity index (χ0n) is 6.89. The molecule has 0 unspecified atom stereocenters. The highest BCUT2D eigenvalue weighted by molar-refractivity contribution is 4.81. The molecule has 1 fully saturated rings. The average molecular weight is 142 g/mol. The summed E-state index contributed by atoms with van der Waals surface area (Å²) in [4.78, 5) is 2.22. The number of nitrogens with zero attached hydrogens (tertiary/aromatic N) is 1. The van der Waals surface area contributed by atoms with E-state index in [0.717, 1.165) is 19.6 Å². The van der Waals surface area contributed by atoms with Gasteiger partial charge >= 0.3 is 0 Å². The summed E-state index contributed by atoms with van der Waals surface area (Å²) in [5.41, 5.74) is 0. The third-order valence-corrected chi connectivity index (χ3v) is 1.79. The minimum atomic E-state index is 0.920. The Morgan fingerprint density at radius 2 is 2.40 bits per heavy atom. The zero-order chi connectivity index (χ0) is 7.40. The molecule has 0 saturated carbocycles. The van der Waals surface area contributed by atoms with Crippen LogP contribution in [0.5, 0.6) is 0 Å². The second-order valence-corrected chi connectivity index (χ2v) is 2.77. The molecular formula is C8H16NO. The summed E-state index contributed by atoms with van der Waals surface area (Å²) in [6.07, 6.45) is 4.71. The summed E-state index contributed by atoms with van der Waals surface area (Å²) in [5.74, 6) is 0. The van der Waals surface area contributed by atoms with Crippen LogP contribution in [-0.2, 0) is 4.74 Å². The van der Waals surface area contributed by atoms with Crippen molar-refractivity contribution < 1.29 is 4.74 Å². The molecule has 59 valence electrons. The topological polar surface area (TPSA) is 12.5 Å². The Bertz CT molecular complexity index is 89.3. The molecule has 1 aliphatic heterocycles. The quantitative estimate of drug-likeness (QED) is 0.594. The van der Waals surface area contributed by atoms with Gasteiger partial charge in [0.25, 0.3) is 0 Å². The maximum absolute atomic E-state index is 5.41. The van der Waals surface area contributed by atoms with E-state index in [1.54, 1.807) is 0 Å². The first-order valence-corrected chi connectivity index (χ1v) is 4.04. The van der Waals surface area contributed by atoms with Crippen molar-refractivity contribution in [3.63, 3.8) is 0 Å². The summed E-state index contributed by atoms with van der Waals surface area (Å²) in [6, 6.07) is 0. The highest BCUT2D eigenvalue weighted by Crippen LogP contribution is 2.21. The highest BCUT2D eigenvalue weighted by atomic mass is 16.5. The Morgan fingerprint density at radius 1 is 1.60 bits per heavy atom. The average Bonchev–Trinajstić information content (AvgIpc) is 2.38. The molecule has 0 spiro atoms. The van der Waals surface area contributed by atoms with Crippen molar-refractivity contribution in [2.24, 2.45) is 0 Å². The third-order valence-electron chi connectivity index (χ3n) is 1.79. The number of ether oxygens (including phenoxy) is 1. The number of hydrogen-bond acceptors (Lipinski definition) is 2. The molecule has 1 rings (SSSR count). The molecule has 0 aromatic rings. The Labute approximate surface area is 63.2 Å². The third kappa shape index (κ3) is 1.96. The lowest BCUT2D eigenvalue weighted by Crippen LogP contribution is -2.24. The summed E-state index contributed by atoms with van der Waals surface area (Å²) >= 11 is 0. The van der Waals surface area contributed by atoms with Gasteiger partial charge in [0.1, 0.15) is 0 Å². The van der Waals surface area contributed by atoms with Gasteiger partial charge in [0, 0.05) is 13.2 Å². The summed E-state index contributed by atoms with van der Waals surface area (Å²) < 4.78 is 5.41. The largest absolute Gasteiger partial charge is 0.356 e. The zero-order valence-corrected chi connectivity index (χ0v) is 6.89. The van der Waals surface area contributed by atoms with Gasteiger partial charge in [-0.05, 0) is 26.3 Å². The molecular weight excluding hydrogens is 126 g/mol. The van der Waals surface area contributed by atoms with Gasteiger partial charge in [0.05, 0.1) is 0 Å². The van der Waals surface area contributed by atoms with Gasteiger partial charge in [-0.3, -0.25) is 4.90 Å². The summed E-state index contributed by atoms with van der Waals surface area (Å²) in [5, 5.41) is 0. The van der Waals surface area contributed by atoms with Crippen LogP contribution in [0, 0.1) is 6.23 Å². The van der Waals surface area contributed by atoms with Gasteiger partial charge in [-0.25, -0.2) is 0 Å². The molecule has 0 N–H and O–H groups in total. The van der Waals surface area contributed by atoms with Crippen molar-refractivity contribution >= 4 is 0 Å². The van der Waals surface area contributed by atoms with E-state index < -0.39 is 0 Å². The lowest BCUT2D eigenvalue weighted by atomic mass is 10.3. The molecule has 0 aliphatic carbocycles. The lowest BCUT2D eigenvalue weighted by molar-refractivity contribution is 0.0910. The van der Waals surface area contributed by atoms with Crippen LogP contribution in [0.2, 0.25) is 0 Å². The van der Waals surface area contributed by atoms with E-state index in [2.05, 4.69) is 18.9 Å². The molecule has 0 aromatic carbocycles. The monoisotopic (exact) mass is 142 g/mol. The summed E-state index contributed by atoms with van der Waals surface area (Å²) in [7, 11) is 2.10. The summed E-state index contributed by atoms with van der Waals surface area (Å²) in [6.45, 7) is 4.23. The van der Waals surface area contributed by atoms with Crippen molar-refractivity contribution in [3.05, 3.63) is 6.23 Å². The predicted octanol–water partition coefficient (Wildman–Crippen LogP) is 1.63. The van der Waals surface area contributed by atoms with Crippen LogP contribution in [0.4, 0.5) is 0 Å². The molecule has 1 heterocycles. The number of hydrogen-bond donors (Lipinski definition) is 0. The fourth-order valence-corrected chi connectivity index (χ4v) is 1.25. The fraction of sp³-hybridized carbons (Fsp3) is 0.875. The normalized spacial score (nSPS) is 20.7. The van der Waals surface area contributed by atoms with Gasteiger partial charge in [-0.15, -0.1) is 0 Å². The molecule has 0 atom stereocenters. The van der Waals surface area contributed by atoms with E-state index in [1.807, 2.05) is 0 Å².